The molecule has 0 unspecified atom stereocenters. The lowest BCUT2D eigenvalue weighted by Gasteiger charge is -2.15. The topological polar surface area (TPSA) is 73.8 Å². The zero-order valence-electron chi connectivity index (χ0n) is 59.8. The average molecular weight is 1380 g/mol. The van der Waals surface area contributed by atoms with E-state index in [0.717, 1.165) is 61.9 Å². The van der Waals surface area contributed by atoms with Crippen molar-refractivity contribution in [1.29, 1.82) is 0 Å². The maximum atomic E-state index is 12.2. The highest BCUT2D eigenvalue weighted by Crippen LogP contribution is 2.38. The molecular weight excluding hydrogens is 1280 g/mol. The Morgan fingerprint density at radius 2 is 0.794 bits per heavy atom. The Morgan fingerprint density at radius 3 is 1.20 bits per heavy atom. The van der Waals surface area contributed by atoms with E-state index in [1.807, 2.05) is 219 Å². The summed E-state index contributed by atoms with van der Waals surface area (Å²) < 4.78 is 65.0. The largest absolute Gasteiger partial charge is 0.497 e. The molecule has 0 radical (unpaired) electrons. The van der Waals surface area contributed by atoms with E-state index in [9.17, 15) is 8.78 Å². The van der Waals surface area contributed by atoms with E-state index in [1.54, 1.807) is 66.9 Å². The Balaban J connectivity index is 0.000000364. The summed E-state index contributed by atoms with van der Waals surface area (Å²) in [5.41, 5.74) is 11.7. The van der Waals surface area contributed by atoms with Crippen molar-refractivity contribution < 1.29 is 46.7 Å². The Morgan fingerprint density at radius 1 is 0.330 bits per heavy atom. The first-order valence-electron chi connectivity index (χ1n) is 32.0. The van der Waals surface area contributed by atoms with Gasteiger partial charge in [0.05, 0.1) is 52.7 Å². The van der Waals surface area contributed by atoms with Crippen molar-refractivity contribution in [2.45, 2.75) is 108 Å². The van der Waals surface area contributed by atoms with Crippen LogP contribution in [0.2, 0.25) is 15.1 Å². The molecule has 520 valence electrons. The van der Waals surface area contributed by atoms with Crippen molar-refractivity contribution in [3.63, 3.8) is 0 Å². The smallest absolute Gasteiger partial charge is 0.231 e. The molecule has 12 rings (SSSR count). The molecule has 1 heterocycles. The summed E-state index contributed by atoms with van der Waals surface area (Å²) in [6.07, 6.45) is 7.44. The summed E-state index contributed by atoms with van der Waals surface area (Å²) in [7, 11) is 9.84. The second-order valence-electron chi connectivity index (χ2n) is 22.8. The highest BCUT2D eigenvalue weighted by molar-refractivity contribution is 6.42. The van der Waals surface area contributed by atoms with Crippen LogP contribution < -0.4 is 37.9 Å². The molecule has 10 aromatic carbocycles. The standard InChI is InChI=1S/C10H14O3.C8H8O2.3C8H10O.C7H6Cl2.C7H7Cl.2C7H7F.C7H14.C7H8/c1-7-5-8(11-2)10(13-4)9(6-7)12-3;1-6-2-3-7-8(4-6)10-5-9-7;1-7-3-5-8(9-2)6-4-7;1-7-4-3-5-8(6-7)9-2;1-7-5-3-4-6-8(7)9-2;1-5-2-3-6(8)7(9)4-5;1-6-3-2-4-7(8)5-6;1-6-2-4-7(8)5-3-6;1-6-3-2-4-7(8)5-6;2*1-7-5-3-2-4-6-7/h5-6H,1-4H3;2-4H,5H2,1H3;3*3-6H,1-2H3;2-4H,1H3;3*2-5H,1H3;7H,2-6H2,1H3;2-6H,1H3. The van der Waals surface area contributed by atoms with Crippen LogP contribution in [0.3, 0.4) is 0 Å². The minimum atomic E-state index is -0.171. The number of benzene rings is 10. The zero-order valence-corrected chi connectivity index (χ0v) is 62.1. The van der Waals surface area contributed by atoms with E-state index in [0.29, 0.717) is 34.1 Å². The van der Waals surface area contributed by atoms with Gasteiger partial charge in [0.1, 0.15) is 28.9 Å². The second kappa shape index (κ2) is 49.8. The van der Waals surface area contributed by atoms with E-state index in [1.165, 1.54) is 89.8 Å². The van der Waals surface area contributed by atoms with Crippen molar-refractivity contribution in [2.75, 3.05) is 49.5 Å². The van der Waals surface area contributed by atoms with Crippen LogP contribution in [0.5, 0.6) is 46.0 Å². The molecule has 1 fully saturated rings. The summed E-state index contributed by atoms with van der Waals surface area (Å²) in [4.78, 5) is 0. The number of hydrogen-bond donors (Lipinski definition) is 0. The van der Waals surface area contributed by atoms with Gasteiger partial charge in [-0.15, -0.1) is 0 Å². The number of ether oxygens (including phenoxy) is 8. The predicted octanol–water partition coefficient (Wildman–Crippen LogP) is 24.6. The van der Waals surface area contributed by atoms with Crippen LogP contribution in [-0.4, -0.2) is 49.5 Å². The van der Waals surface area contributed by atoms with Crippen LogP contribution in [0.1, 0.15) is 94.7 Å². The van der Waals surface area contributed by atoms with Gasteiger partial charge in [0, 0.05) is 5.02 Å². The summed E-state index contributed by atoms with van der Waals surface area (Å²) in [6, 6.07) is 70.1. The molecule has 1 saturated carbocycles. The molecule has 0 N–H and O–H groups in total. The number of methoxy groups -OCH3 is 6. The number of para-hydroxylation sites is 1. The minimum Gasteiger partial charge on any atom is -0.497 e. The first-order chi connectivity index (χ1) is 46.4. The second-order valence-corrected chi connectivity index (χ2v) is 24.0. The van der Waals surface area contributed by atoms with Crippen molar-refractivity contribution in [2.24, 2.45) is 5.92 Å². The van der Waals surface area contributed by atoms with Crippen LogP contribution in [-0.2, 0) is 0 Å². The quantitative estimate of drug-likeness (QED) is 0.163. The van der Waals surface area contributed by atoms with E-state index in [-0.39, 0.29) is 11.6 Å². The molecule has 0 amide bonds. The summed E-state index contributed by atoms with van der Waals surface area (Å²) in [5.74, 6) is 7.24. The Hall–Kier alpha value is -8.67. The Kier molecular flexibility index (Phi) is 43.3. The van der Waals surface area contributed by atoms with Gasteiger partial charge in [-0.2, -0.15) is 0 Å². The third-order valence-corrected chi connectivity index (χ3v) is 15.0. The number of rotatable bonds is 6. The van der Waals surface area contributed by atoms with Crippen LogP contribution in [0.15, 0.2) is 224 Å². The lowest BCUT2D eigenvalue weighted by molar-refractivity contribution is 0.174. The van der Waals surface area contributed by atoms with Gasteiger partial charge < -0.3 is 37.9 Å². The van der Waals surface area contributed by atoms with Crippen LogP contribution in [0.4, 0.5) is 8.78 Å². The highest BCUT2D eigenvalue weighted by Gasteiger charge is 2.12. The molecule has 0 saturated heterocycles. The van der Waals surface area contributed by atoms with E-state index in [4.69, 9.17) is 72.7 Å². The van der Waals surface area contributed by atoms with Crippen LogP contribution in [0, 0.1) is 86.8 Å². The monoisotopic (exact) mass is 1380 g/mol. The summed E-state index contributed by atoms with van der Waals surface area (Å²) >= 11 is 17.0. The molecule has 10 aromatic rings. The first-order valence-corrected chi connectivity index (χ1v) is 33.1. The van der Waals surface area contributed by atoms with Gasteiger partial charge in [0.2, 0.25) is 12.5 Å². The molecule has 1 aliphatic heterocycles. The molecule has 0 atom stereocenters. The zero-order chi connectivity index (χ0) is 71.9. The van der Waals surface area contributed by atoms with Gasteiger partial charge >= 0.3 is 0 Å². The summed E-state index contributed by atoms with van der Waals surface area (Å²) in [6.45, 7) is 22.7. The first kappa shape index (κ1) is 84.4. The van der Waals surface area contributed by atoms with Gasteiger partial charge in [-0.3, -0.25) is 0 Å². The maximum Gasteiger partial charge on any atom is 0.231 e. The normalized spacial score (nSPS) is 10.9. The molecule has 0 aromatic heterocycles. The Labute approximate surface area is 594 Å². The van der Waals surface area contributed by atoms with Gasteiger partial charge in [-0.25, -0.2) is 8.78 Å². The van der Waals surface area contributed by atoms with Crippen molar-refractivity contribution in [3.05, 3.63) is 307 Å². The fourth-order valence-electron chi connectivity index (χ4n) is 8.60. The number of halogens is 5. The van der Waals surface area contributed by atoms with Crippen LogP contribution >= 0.6 is 34.8 Å². The SMILES string of the molecule is CC1CCCCC1.COc1cc(C)cc(OC)c1OC.COc1ccc(C)cc1.COc1cccc(C)c1.COc1ccccc1C.Cc1ccc(Cl)c(Cl)c1.Cc1ccc(F)cc1.Cc1ccc2c(c1)OCO2.Cc1cccc(Cl)c1.Cc1cccc(F)c1.Cc1ccccc1. The fourth-order valence-corrected chi connectivity index (χ4v) is 9.20. The van der Waals surface area contributed by atoms with E-state index in [2.05, 4.69) is 32.9 Å². The van der Waals surface area contributed by atoms with Gasteiger partial charge in [0.15, 0.2) is 23.0 Å². The minimum absolute atomic E-state index is 0.162. The fraction of sp³-hybridized carbons (Fsp3) is 0.286. The van der Waals surface area contributed by atoms with Gasteiger partial charge in [0.25, 0.3) is 0 Å². The number of fused-ring (bicyclic) bond motifs is 1. The maximum absolute atomic E-state index is 12.2. The molecule has 0 spiro atoms. The predicted molar refractivity (Wildman–Crippen MR) is 404 cm³/mol. The number of hydrogen-bond acceptors (Lipinski definition) is 8. The van der Waals surface area contributed by atoms with Gasteiger partial charge in [-0.05, 0) is 217 Å². The van der Waals surface area contributed by atoms with Crippen molar-refractivity contribution in [3.8, 4) is 46.0 Å². The van der Waals surface area contributed by atoms with E-state index >= 15 is 0 Å². The molecule has 2 aliphatic rings. The van der Waals surface area contributed by atoms with Crippen molar-refractivity contribution >= 4 is 34.8 Å². The molecular formula is C84H101Cl3F2O8. The third kappa shape index (κ3) is 38.6. The average Bonchev–Trinajstić information content (AvgIpc) is 1.59. The Bertz CT molecular complexity index is 3590. The molecule has 97 heavy (non-hydrogen) atoms. The molecule has 8 nitrogen and oxygen atoms in total. The lowest BCUT2D eigenvalue weighted by atomic mass is 9.91. The van der Waals surface area contributed by atoms with Crippen molar-refractivity contribution in [1.82, 2.24) is 0 Å². The molecule has 1 aliphatic carbocycles. The van der Waals surface area contributed by atoms with Crippen LogP contribution in [0.25, 0.3) is 0 Å². The highest BCUT2D eigenvalue weighted by atomic mass is 35.5. The third-order valence-electron chi connectivity index (χ3n) is 14.0. The lowest BCUT2D eigenvalue weighted by Crippen LogP contribution is -1.99. The number of aryl methyl sites for hydroxylation is 10. The summed E-state index contributed by atoms with van der Waals surface area (Å²) in [5, 5.41) is 2.05. The molecule has 0 bridgehead atoms. The van der Waals surface area contributed by atoms with E-state index < -0.39 is 0 Å². The molecule has 13 heteroatoms. The van der Waals surface area contributed by atoms with Gasteiger partial charge in [-0.1, -0.05) is 212 Å².